The number of pyridine rings is 1. The summed E-state index contributed by atoms with van der Waals surface area (Å²) in [5.41, 5.74) is 1.93. The fourth-order valence-electron chi connectivity index (χ4n) is 3.90. The second-order valence-corrected chi connectivity index (χ2v) is 7.52. The van der Waals surface area contributed by atoms with E-state index in [9.17, 15) is 14.7 Å². The quantitative estimate of drug-likeness (QED) is 0.335. The molecule has 1 fully saturated rings. The summed E-state index contributed by atoms with van der Waals surface area (Å²) in [5.74, 6) is -0.338. The first kappa shape index (κ1) is 22.1. The minimum atomic E-state index is -0.761. The lowest BCUT2D eigenvalue weighted by molar-refractivity contribution is -0.140. The molecular weight excluding hydrogens is 420 g/mol. The number of amides is 1. The van der Waals surface area contributed by atoms with E-state index < -0.39 is 17.7 Å². The normalized spacial score (nSPS) is 17.3. The van der Waals surface area contributed by atoms with Gasteiger partial charge in [-0.25, -0.2) is 0 Å². The van der Waals surface area contributed by atoms with E-state index in [1.54, 1.807) is 74.1 Å². The van der Waals surface area contributed by atoms with E-state index in [-0.39, 0.29) is 17.9 Å². The number of nitrogens with zero attached hydrogens (tertiary/aromatic N) is 2. The number of aromatic nitrogens is 1. The van der Waals surface area contributed by atoms with Gasteiger partial charge in [0.15, 0.2) is 0 Å². The van der Waals surface area contributed by atoms with Crippen LogP contribution in [0.25, 0.3) is 5.76 Å². The number of ether oxygens (including phenoxy) is 2. The van der Waals surface area contributed by atoms with Gasteiger partial charge in [0.1, 0.15) is 17.3 Å². The Labute approximate surface area is 191 Å². The van der Waals surface area contributed by atoms with Crippen molar-refractivity contribution >= 4 is 17.4 Å². The summed E-state index contributed by atoms with van der Waals surface area (Å²) in [4.78, 5) is 31.8. The number of benzene rings is 2. The van der Waals surface area contributed by atoms with Gasteiger partial charge in [0, 0.05) is 24.5 Å². The molecule has 7 nitrogen and oxygen atoms in total. The van der Waals surface area contributed by atoms with Crippen molar-refractivity contribution in [2.24, 2.45) is 0 Å². The third kappa shape index (κ3) is 4.43. The summed E-state index contributed by atoms with van der Waals surface area (Å²) in [6, 6.07) is 16.7. The van der Waals surface area contributed by atoms with Gasteiger partial charge >= 0.3 is 0 Å². The Balaban J connectivity index is 1.81. The first-order valence-corrected chi connectivity index (χ1v) is 10.6. The number of aliphatic hydroxyl groups is 1. The molecule has 1 amide bonds. The molecule has 1 N–H and O–H groups in total. The number of likely N-dealkylation sites (tertiary alicyclic amines) is 1. The van der Waals surface area contributed by atoms with Crippen LogP contribution in [0.3, 0.4) is 0 Å². The number of methoxy groups -OCH3 is 1. The molecule has 168 valence electrons. The van der Waals surface area contributed by atoms with Crippen molar-refractivity contribution in [3.8, 4) is 11.5 Å². The number of ketones is 1. The second-order valence-electron chi connectivity index (χ2n) is 7.52. The lowest BCUT2D eigenvalue weighted by Crippen LogP contribution is -2.29. The molecule has 2 aromatic carbocycles. The fraction of sp³-hybridized carbons (Fsp3) is 0.192. The number of Topliss-reactive ketones (excluding diaryl/α,β-unsaturated/α-hetero) is 1. The van der Waals surface area contributed by atoms with Gasteiger partial charge < -0.3 is 19.5 Å². The molecule has 0 aliphatic carbocycles. The Morgan fingerprint density at radius 3 is 2.33 bits per heavy atom. The lowest BCUT2D eigenvalue weighted by Gasteiger charge is -2.25. The molecule has 1 aliphatic rings. The second kappa shape index (κ2) is 9.56. The molecule has 4 rings (SSSR count). The van der Waals surface area contributed by atoms with Gasteiger partial charge in [-0.15, -0.1) is 0 Å². The Bertz CT molecular complexity index is 1170. The SMILES string of the molecule is CCOc1ccc(C2/C(=C(/O)c3ccc(OC)cc3)C(=O)C(=O)N2Cc2cccnc2)cc1. The first-order valence-electron chi connectivity index (χ1n) is 10.6. The fourth-order valence-corrected chi connectivity index (χ4v) is 3.90. The van der Waals surface area contributed by atoms with E-state index in [4.69, 9.17) is 9.47 Å². The van der Waals surface area contributed by atoms with Gasteiger partial charge in [0.25, 0.3) is 11.7 Å². The van der Waals surface area contributed by atoms with Crippen molar-refractivity contribution in [2.75, 3.05) is 13.7 Å². The van der Waals surface area contributed by atoms with Crippen LogP contribution >= 0.6 is 0 Å². The monoisotopic (exact) mass is 444 g/mol. The molecule has 0 radical (unpaired) electrons. The third-order valence-corrected chi connectivity index (χ3v) is 5.49. The largest absolute Gasteiger partial charge is 0.507 e. The standard InChI is InChI=1S/C26H24N2O5/c1-3-33-21-12-6-18(7-13-21)23-22(24(29)19-8-10-20(32-2)11-9-19)25(30)26(31)28(23)16-17-5-4-14-27-15-17/h4-15,23,29H,3,16H2,1-2H3/b24-22-. The van der Waals surface area contributed by atoms with Gasteiger partial charge in [-0.3, -0.25) is 14.6 Å². The van der Waals surface area contributed by atoms with Crippen LogP contribution in [-0.2, 0) is 16.1 Å². The van der Waals surface area contributed by atoms with E-state index in [0.717, 1.165) is 5.56 Å². The molecular formula is C26H24N2O5. The zero-order chi connectivity index (χ0) is 23.4. The summed E-state index contributed by atoms with van der Waals surface area (Å²) >= 11 is 0. The van der Waals surface area contributed by atoms with Crippen LogP contribution in [0, 0.1) is 0 Å². The van der Waals surface area contributed by atoms with Crippen molar-refractivity contribution in [2.45, 2.75) is 19.5 Å². The molecule has 1 saturated heterocycles. The van der Waals surface area contributed by atoms with Gasteiger partial charge in [-0.2, -0.15) is 0 Å². The van der Waals surface area contributed by atoms with E-state index in [2.05, 4.69) is 4.98 Å². The summed E-state index contributed by atoms with van der Waals surface area (Å²) < 4.78 is 10.7. The Morgan fingerprint density at radius 2 is 1.73 bits per heavy atom. The predicted molar refractivity (Wildman–Crippen MR) is 123 cm³/mol. The highest BCUT2D eigenvalue weighted by Gasteiger charge is 2.46. The Kier molecular flexibility index (Phi) is 6.40. The molecule has 3 aromatic rings. The van der Waals surface area contributed by atoms with Gasteiger partial charge in [-0.1, -0.05) is 18.2 Å². The topological polar surface area (TPSA) is 89.0 Å². The average Bonchev–Trinajstić information content (AvgIpc) is 3.10. The molecule has 1 atom stereocenters. The third-order valence-electron chi connectivity index (χ3n) is 5.49. The van der Waals surface area contributed by atoms with E-state index in [0.29, 0.717) is 29.2 Å². The Morgan fingerprint density at radius 1 is 1.03 bits per heavy atom. The number of carbonyl (C=O) groups is 2. The molecule has 0 spiro atoms. The minimum Gasteiger partial charge on any atom is -0.507 e. The summed E-state index contributed by atoms with van der Waals surface area (Å²) in [6.07, 6.45) is 3.29. The smallest absolute Gasteiger partial charge is 0.295 e. The number of hydrogen-bond acceptors (Lipinski definition) is 6. The van der Waals surface area contributed by atoms with E-state index in [1.165, 1.54) is 4.90 Å². The minimum absolute atomic E-state index is 0.0400. The molecule has 2 heterocycles. The molecule has 0 bridgehead atoms. The maximum absolute atomic E-state index is 13.1. The maximum Gasteiger partial charge on any atom is 0.295 e. The van der Waals surface area contributed by atoms with Crippen LogP contribution < -0.4 is 9.47 Å². The van der Waals surface area contributed by atoms with Gasteiger partial charge in [0.2, 0.25) is 0 Å². The summed E-state index contributed by atoms with van der Waals surface area (Å²) in [6.45, 7) is 2.59. The van der Waals surface area contributed by atoms with Crippen molar-refractivity contribution in [1.82, 2.24) is 9.88 Å². The first-order chi connectivity index (χ1) is 16.0. The van der Waals surface area contributed by atoms with Crippen molar-refractivity contribution < 1.29 is 24.2 Å². The number of aliphatic hydroxyl groups excluding tert-OH is 1. The molecule has 0 saturated carbocycles. The predicted octanol–water partition coefficient (Wildman–Crippen LogP) is 4.11. The van der Waals surface area contributed by atoms with Gasteiger partial charge in [-0.05, 0) is 60.5 Å². The highest BCUT2D eigenvalue weighted by molar-refractivity contribution is 6.46. The lowest BCUT2D eigenvalue weighted by atomic mass is 9.95. The molecule has 1 aromatic heterocycles. The zero-order valence-corrected chi connectivity index (χ0v) is 18.4. The summed E-state index contributed by atoms with van der Waals surface area (Å²) in [7, 11) is 1.55. The number of hydrogen-bond donors (Lipinski definition) is 1. The number of rotatable bonds is 7. The molecule has 1 unspecified atom stereocenters. The highest BCUT2D eigenvalue weighted by Crippen LogP contribution is 2.40. The van der Waals surface area contributed by atoms with Crippen LogP contribution in [0.1, 0.15) is 29.7 Å². The van der Waals surface area contributed by atoms with Crippen molar-refractivity contribution in [1.29, 1.82) is 0 Å². The van der Waals surface area contributed by atoms with Crippen LogP contribution in [0.5, 0.6) is 11.5 Å². The van der Waals surface area contributed by atoms with E-state index >= 15 is 0 Å². The summed E-state index contributed by atoms with van der Waals surface area (Å²) in [5, 5.41) is 11.1. The maximum atomic E-state index is 13.1. The van der Waals surface area contributed by atoms with Crippen LogP contribution in [0.2, 0.25) is 0 Å². The molecule has 7 heteroatoms. The Hall–Kier alpha value is -4.13. The van der Waals surface area contributed by atoms with Crippen molar-refractivity contribution in [3.05, 3.63) is 95.3 Å². The van der Waals surface area contributed by atoms with Crippen LogP contribution in [-0.4, -0.2) is 40.4 Å². The number of carbonyl (C=O) groups excluding carboxylic acids is 2. The molecule has 33 heavy (non-hydrogen) atoms. The van der Waals surface area contributed by atoms with E-state index in [1.807, 2.05) is 13.0 Å². The highest BCUT2D eigenvalue weighted by atomic mass is 16.5. The molecule has 1 aliphatic heterocycles. The van der Waals surface area contributed by atoms with Crippen LogP contribution in [0.4, 0.5) is 0 Å². The van der Waals surface area contributed by atoms with Crippen molar-refractivity contribution in [3.63, 3.8) is 0 Å². The zero-order valence-electron chi connectivity index (χ0n) is 18.4. The van der Waals surface area contributed by atoms with Gasteiger partial charge in [0.05, 0.1) is 25.3 Å². The average molecular weight is 444 g/mol. The van der Waals surface area contributed by atoms with Crippen LogP contribution in [0.15, 0.2) is 78.6 Å².